The summed E-state index contributed by atoms with van der Waals surface area (Å²) in [4.78, 5) is 26.4. The number of hydrogen-bond acceptors (Lipinski definition) is 4. The van der Waals surface area contributed by atoms with Gasteiger partial charge in [0.2, 0.25) is 0 Å². The molecular formula is C18H22N2O5S. The van der Waals surface area contributed by atoms with Crippen molar-refractivity contribution in [2.75, 3.05) is 18.8 Å². The fourth-order valence-electron chi connectivity index (χ4n) is 4.77. The molecule has 1 aliphatic carbocycles. The van der Waals surface area contributed by atoms with E-state index in [9.17, 15) is 23.1 Å². The number of sulfone groups is 1. The number of aliphatic carboxylic acids is 1. The van der Waals surface area contributed by atoms with Crippen LogP contribution in [0.2, 0.25) is 0 Å². The monoisotopic (exact) mass is 378 g/mol. The molecular weight excluding hydrogens is 356 g/mol. The van der Waals surface area contributed by atoms with Crippen molar-refractivity contribution in [3.8, 4) is 0 Å². The van der Waals surface area contributed by atoms with Gasteiger partial charge in [-0.2, -0.15) is 0 Å². The van der Waals surface area contributed by atoms with Crippen molar-refractivity contribution in [1.29, 1.82) is 0 Å². The summed E-state index contributed by atoms with van der Waals surface area (Å²) < 4.78 is 24.4. The number of nitrogens with one attached hydrogen (secondary N) is 1. The number of carbonyl (C=O) groups excluding carboxylic acids is 1. The van der Waals surface area contributed by atoms with Crippen LogP contribution in [0.4, 0.5) is 4.79 Å². The van der Waals surface area contributed by atoms with Crippen LogP contribution in [0, 0.1) is 11.3 Å². The molecule has 1 saturated heterocycles. The number of nitrogens with zero attached hydrogens (tertiary/aromatic N) is 1. The number of fused-ring (bicyclic) bond motifs is 2. The highest BCUT2D eigenvalue weighted by Gasteiger charge is 2.56. The van der Waals surface area contributed by atoms with Gasteiger partial charge < -0.3 is 15.3 Å². The first-order valence-electron chi connectivity index (χ1n) is 8.94. The van der Waals surface area contributed by atoms with Gasteiger partial charge in [-0.05, 0) is 36.8 Å². The third kappa shape index (κ3) is 2.58. The van der Waals surface area contributed by atoms with Gasteiger partial charge >= 0.3 is 12.0 Å². The number of carbonyl (C=O) groups is 2. The maximum Gasteiger partial charge on any atom is 0.317 e. The summed E-state index contributed by atoms with van der Waals surface area (Å²) >= 11 is 0. The smallest absolute Gasteiger partial charge is 0.317 e. The summed E-state index contributed by atoms with van der Waals surface area (Å²) in [6.45, 7) is 0.677. The third-order valence-corrected chi connectivity index (χ3v) is 8.00. The molecule has 4 rings (SSSR count). The Hall–Kier alpha value is -2.09. The van der Waals surface area contributed by atoms with Crippen molar-refractivity contribution in [3.63, 3.8) is 0 Å². The first-order valence-corrected chi connectivity index (χ1v) is 10.6. The summed E-state index contributed by atoms with van der Waals surface area (Å²) in [7, 11) is -3.31. The van der Waals surface area contributed by atoms with Gasteiger partial charge in [0.05, 0.1) is 22.1 Å². The van der Waals surface area contributed by atoms with E-state index in [4.69, 9.17) is 0 Å². The molecule has 3 aliphatic rings. The highest BCUT2D eigenvalue weighted by molar-refractivity contribution is 7.91. The van der Waals surface area contributed by atoms with Gasteiger partial charge in [0, 0.05) is 13.1 Å². The van der Waals surface area contributed by atoms with Crippen molar-refractivity contribution < 1.29 is 23.1 Å². The molecule has 1 unspecified atom stereocenters. The van der Waals surface area contributed by atoms with E-state index in [0.717, 1.165) is 12.8 Å². The van der Waals surface area contributed by atoms with Crippen LogP contribution in [0.25, 0.3) is 0 Å². The molecule has 140 valence electrons. The van der Waals surface area contributed by atoms with Gasteiger partial charge in [-0.1, -0.05) is 24.6 Å². The molecule has 2 fully saturated rings. The minimum absolute atomic E-state index is 0.00332. The molecule has 1 saturated carbocycles. The second-order valence-electron chi connectivity index (χ2n) is 7.58. The highest BCUT2D eigenvalue weighted by atomic mass is 32.2. The van der Waals surface area contributed by atoms with Crippen molar-refractivity contribution >= 4 is 21.8 Å². The Morgan fingerprint density at radius 2 is 2.00 bits per heavy atom. The Balaban J connectivity index is 1.52. The van der Waals surface area contributed by atoms with Crippen LogP contribution in [0.15, 0.2) is 29.2 Å². The molecule has 8 heteroatoms. The van der Waals surface area contributed by atoms with Crippen molar-refractivity contribution in [1.82, 2.24) is 10.2 Å². The zero-order valence-corrected chi connectivity index (χ0v) is 15.2. The summed E-state index contributed by atoms with van der Waals surface area (Å²) in [5, 5.41) is 12.6. The average Bonchev–Trinajstić information content (AvgIpc) is 3.16. The van der Waals surface area contributed by atoms with Crippen LogP contribution < -0.4 is 5.32 Å². The number of benzene rings is 1. The van der Waals surface area contributed by atoms with Gasteiger partial charge in [0.1, 0.15) is 0 Å². The number of amides is 2. The molecule has 3 atom stereocenters. The van der Waals surface area contributed by atoms with Crippen molar-refractivity contribution in [3.05, 3.63) is 29.8 Å². The normalized spacial score (nSPS) is 31.9. The number of urea groups is 1. The molecule has 2 aliphatic heterocycles. The van der Waals surface area contributed by atoms with Gasteiger partial charge in [0.15, 0.2) is 9.84 Å². The predicted molar refractivity (Wildman–Crippen MR) is 93.4 cm³/mol. The average molecular weight is 378 g/mol. The molecule has 0 aromatic heterocycles. The lowest BCUT2D eigenvalue weighted by molar-refractivity contribution is -0.149. The maximum atomic E-state index is 12.8. The van der Waals surface area contributed by atoms with Crippen LogP contribution >= 0.6 is 0 Å². The van der Waals surface area contributed by atoms with Crippen molar-refractivity contribution in [2.24, 2.45) is 11.3 Å². The van der Waals surface area contributed by atoms with Gasteiger partial charge in [-0.25, -0.2) is 13.2 Å². The van der Waals surface area contributed by atoms with E-state index >= 15 is 0 Å². The van der Waals surface area contributed by atoms with Crippen LogP contribution in [-0.4, -0.2) is 49.3 Å². The van der Waals surface area contributed by atoms with Gasteiger partial charge in [-0.15, -0.1) is 0 Å². The fraction of sp³-hybridized carbons (Fsp3) is 0.556. The number of hydrogen-bond donors (Lipinski definition) is 2. The molecule has 0 radical (unpaired) electrons. The van der Waals surface area contributed by atoms with E-state index in [-0.39, 0.29) is 35.2 Å². The van der Waals surface area contributed by atoms with Crippen LogP contribution in [0.3, 0.4) is 0 Å². The maximum absolute atomic E-state index is 12.8. The lowest BCUT2D eigenvalue weighted by Gasteiger charge is -2.29. The lowest BCUT2D eigenvalue weighted by atomic mass is 9.81. The molecule has 1 aromatic carbocycles. The molecule has 26 heavy (non-hydrogen) atoms. The standard InChI is InChI=1S/C18H22N2O5S/c21-16(22)18-8-3-4-12(18)10-20(11-18)17(23)19-14-7-9-26(24,25)15-6-2-1-5-13(14)15/h1-2,5-6,12,14H,3-4,7-11H2,(H,19,23)(H,21,22)/t12-,14?,18+/m0/s1. The first kappa shape index (κ1) is 17.3. The van der Waals surface area contributed by atoms with E-state index in [0.29, 0.717) is 24.9 Å². The SMILES string of the molecule is O=C(NC1CCS(=O)(=O)c2ccccc21)N1C[C@@H]2CCC[C@@]2(C(=O)O)C1. The zero-order valence-electron chi connectivity index (χ0n) is 14.3. The summed E-state index contributed by atoms with van der Waals surface area (Å²) in [6.07, 6.45) is 2.66. The lowest BCUT2D eigenvalue weighted by Crippen LogP contribution is -2.44. The van der Waals surface area contributed by atoms with Gasteiger partial charge in [0.25, 0.3) is 0 Å². The number of likely N-dealkylation sites (tertiary alicyclic amines) is 1. The number of rotatable bonds is 2. The minimum atomic E-state index is -3.31. The minimum Gasteiger partial charge on any atom is -0.481 e. The first-order chi connectivity index (χ1) is 12.3. The van der Waals surface area contributed by atoms with Crippen LogP contribution in [0.5, 0.6) is 0 Å². The Labute approximate surface area is 152 Å². The molecule has 2 N–H and O–H groups in total. The number of carboxylic acid groups (broad SMARTS) is 1. The van der Waals surface area contributed by atoms with E-state index < -0.39 is 21.2 Å². The zero-order chi connectivity index (χ0) is 18.5. The molecule has 7 nitrogen and oxygen atoms in total. The molecule has 0 spiro atoms. The van der Waals surface area contributed by atoms with E-state index in [1.807, 2.05) is 0 Å². The van der Waals surface area contributed by atoms with E-state index in [1.54, 1.807) is 29.2 Å². The Bertz CT molecular complexity index is 868. The largest absolute Gasteiger partial charge is 0.481 e. The van der Waals surface area contributed by atoms with E-state index in [2.05, 4.69) is 5.32 Å². The summed E-state index contributed by atoms with van der Waals surface area (Å²) in [5.41, 5.74) is -0.204. The summed E-state index contributed by atoms with van der Waals surface area (Å²) in [5.74, 6) is -0.814. The number of carboxylic acids is 1. The van der Waals surface area contributed by atoms with Crippen LogP contribution in [0.1, 0.15) is 37.3 Å². The third-order valence-electron chi connectivity index (χ3n) is 6.19. The Morgan fingerprint density at radius 3 is 2.73 bits per heavy atom. The van der Waals surface area contributed by atoms with E-state index in [1.165, 1.54) is 0 Å². The predicted octanol–water partition coefficient (Wildman–Crippen LogP) is 1.80. The van der Waals surface area contributed by atoms with Crippen LogP contribution in [-0.2, 0) is 14.6 Å². The Morgan fingerprint density at radius 1 is 1.23 bits per heavy atom. The molecule has 2 heterocycles. The second kappa shape index (κ2) is 5.97. The quantitative estimate of drug-likeness (QED) is 0.817. The molecule has 0 bridgehead atoms. The Kier molecular flexibility index (Phi) is 3.98. The van der Waals surface area contributed by atoms with Gasteiger partial charge in [-0.3, -0.25) is 4.79 Å². The fourth-order valence-corrected chi connectivity index (χ4v) is 6.40. The molecule has 2 amide bonds. The topological polar surface area (TPSA) is 104 Å². The highest BCUT2D eigenvalue weighted by Crippen LogP contribution is 2.49. The molecule has 1 aromatic rings. The summed E-state index contributed by atoms with van der Waals surface area (Å²) in [6, 6.07) is 6.07. The second-order valence-corrected chi connectivity index (χ2v) is 9.66. The van der Waals surface area contributed by atoms with Crippen molar-refractivity contribution in [2.45, 2.75) is 36.6 Å².